The first-order valence-corrected chi connectivity index (χ1v) is 4.49. The maximum absolute atomic E-state index is 5.21. The van der Waals surface area contributed by atoms with E-state index in [1.807, 2.05) is 24.3 Å². The van der Waals surface area contributed by atoms with E-state index in [1.165, 1.54) is 0 Å². The maximum atomic E-state index is 5.21. The number of tetrazole rings is 1. The van der Waals surface area contributed by atoms with Crippen molar-refractivity contribution in [3.05, 3.63) is 29.8 Å². The Hall–Kier alpha value is -2.11. The quantitative estimate of drug-likeness (QED) is 0.772. The number of para-hydroxylation sites is 1. The number of H-pyrrole nitrogens is 1. The Morgan fingerprint density at radius 2 is 2.27 bits per heavy atom. The van der Waals surface area contributed by atoms with Crippen molar-refractivity contribution in [2.75, 3.05) is 12.4 Å². The summed E-state index contributed by atoms with van der Waals surface area (Å²) < 4.78 is 5.21. The molecule has 0 spiro atoms. The fourth-order valence-electron chi connectivity index (χ4n) is 1.26. The first-order chi connectivity index (χ1) is 7.40. The summed E-state index contributed by atoms with van der Waals surface area (Å²) in [5.74, 6) is 1.31. The monoisotopic (exact) mass is 205 g/mol. The van der Waals surface area contributed by atoms with Crippen LogP contribution in [0.5, 0.6) is 5.75 Å². The number of anilines is 1. The van der Waals surface area contributed by atoms with Crippen LogP contribution in [0.2, 0.25) is 0 Å². The lowest BCUT2D eigenvalue weighted by atomic mass is 10.2. The normalized spacial score (nSPS) is 9.93. The van der Waals surface area contributed by atoms with Gasteiger partial charge in [-0.25, -0.2) is 0 Å². The molecule has 0 aliphatic carbocycles. The first-order valence-electron chi connectivity index (χ1n) is 4.49. The Bertz CT molecular complexity index is 414. The molecule has 0 radical (unpaired) electrons. The number of ether oxygens (including phenoxy) is 1. The van der Waals surface area contributed by atoms with Crippen molar-refractivity contribution in [2.24, 2.45) is 0 Å². The number of nitrogens with zero attached hydrogens (tertiary/aromatic N) is 3. The van der Waals surface area contributed by atoms with Gasteiger partial charge in [0.15, 0.2) is 0 Å². The molecule has 0 aliphatic rings. The number of nitrogens with one attached hydrogen (secondary N) is 2. The molecule has 0 atom stereocenters. The van der Waals surface area contributed by atoms with Crippen molar-refractivity contribution in [3.8, 4) is 5.75 Å². The topological polar surface area (TPSA) is 75.7 Å². The molecule has 15 heavy (non-hydrogen) atoms. The molecule has 0 amide bonds. The third-order valence-electron chi connectivity index (χ3n) is 1.97. The number of benzene rings is 1. The molecule has 1 heterocycles. The van der Waals surface area contributed by atoms with Crippen molar-refractivity contribution < 1.29 is 4.74 Å². The molecule has 0 saturated carbocycles. The summed E-state index contributed by atoms with van der Waals surface area (Å²) in [7, 11) is 1.65. The zero-order valence-corrected chi connectivity index (χ0v) is 8.27. The van der Waals surface area contributed by atoms with E-state index < -0.39 is 0 Å². The summed E-state index contributed by atoms with van der Waals surface area (Å²) in [6.07, 6.45) is 0. The fraction of sp³-hybridized carbons (Fsp3) is 0.222. The minimum Gasteiger partial charge on any atom is -0.496 e. The van der Waals surface area contributed by atoms with E-state index in [9.17, 15) is 0 Å². The highest BCUT2D eigenvalue weighted by Gasteiger charge is 2.02. The van der Waals surface area contributed by atoms with Crippen LogP contribution < -0.4 is 10.1 Å². The second kappa shape index (κ2) is 4.41. The van der Waals surface area contributed by atoms with Gasteiger partial charge in [-0.2, -0.15) is 5.21 Å². The lowest BCUT2D eigenvalue weighted by Crippen LogP contribution is -2.02. The van der Waals surface area contributed by atoms with E-state index in [1.54, 1.807) is 7.11 Å². The van der Waals surface area contributed by atoms with E-state index in [0.29, 0.717) is 12.5 Å². The molecule has 78 valence electrons. The SMILES string of the molecule is COc1ccccc1CNc1nn[nH]n1. The maximum Gasteiger partial charge on any atom is 0.263 e. The second-order valence-electron chi connectivity index (χ2n) is 2.90. The van der Waals surface area contributed by atoms with Crippen LogP contribution in [0, 0.1) is 0 Å². The van der Waals surface area contributed by atoms with Gasteiger partial charge in [0.2, 0.25) is 0 Å². The second-order valence-corrected chi connectivity index (χ2v) is 2.90. The van der Waals surface area contributed by atoms with Crippen molar-refractivity contribution in [2.45, 2.75) is 6.54 Å². The van der Waals surface area contributed by atoms with Gasteiger partial charge < -0.3 is 10.1 Å². The van der Waals surface area contributed by atoms with Gasteiger partial charge in [0.05, 0.1) is 7.11 Å². The molecule has 2 aromatic rings. The minimum absolute atomic E-state index is 0.473. The molecule has 0 unspecified atom stereocenters. The fourth-order valence-corrected chi connectivity index (χ4v) is 1.26. The van der Waals surface area contributed by atoms with Gasteiger partial charge >= 0.3 is 0 Å². The van der Waals surface area contributed by atoms with Gasteiger partial charge in [0.1, 0.15) is 5.75 Å². The molecule has 0 fully saturated rings. The summed E-state index contributed by atoms with van der Waals surface area (Å²) >= 11 is 0. The molecule has 0 bridgehead atoms. The zero-order valence-electron chi connectivity index (χ0n) is 8.27. The lowest BCUT2D eigenvalue weighted by Gasteiger charge is -2.07. The van der Waals surface area contributed by atoms with E-state index in [4.69, 9.17) is 4.74 Å². The first kappa shape index (κ1) is 9.45. The molecule has 2 N–H and O–H groups in total. The van der Waals surface area contributed by atoms with Crippen LogP contribution in [-0.4, -0.2) is 27.7 Å². The van der Waals surface area contributed by atoms with Crippen molar-refractivity contribution in [1.82, 2.24) is 20.6 Å². The van der Waals surface area contributed by atoms with Crippen molar-refractivity contribution in [1.29, 1.82) is 0 Å². The van der Waals surface area contributed by atoms with E-state index in [2.05, 4.69) is 25.9 Å². The van der Waals surface area contributed by atoms with Crippen LogP contribution in [0.25, 0.3) is 0 Å². The zero-order chi connectivity index (χ0) is 10.5. The third-order valence-corrected chi connectivity index (χ3v) is 1.97. The predicted molar refractivity (Wildman–Crippen MR) is 54.5 cm³/mol. The van der Waals surface area contributed by atoms with Gasteiger partial charge in [-0.3, -0.25) is 0 Å². The average molecular weight is 205 g/mol. The van der Waals surface area contributed by atoms with Gasteiger partial charge in [-0.05, 0) is 11.3 Å². The number of aromatic nitrogens is 4. The predicted octanol–water partition coefficient (Wildman–Crippen LogP) is 0.820. The molecule has 0 saturated heterocycles. The van der Waals surface area contributed by atoms with Crippen LogP contribution in [0.3, 0.4) is 0 Å². The lowest BCUT2D eigenvalue weighted by molar-refractivity contribution is 0.410. The Morgan fingerprint density at radius 1 is 1.40 bits per heavy atom. The van der Waals surface area contributed by atoms with Crippen molar-refractivity contribution in [3.63, 3.8) is 0 Å². The molecule has 2 rings (SSSR count). The molecular weight excluding hydrogens is 194 g/mol. The molecule has 6 nitrogen and oxygen atoms in total. The number of hydrogen-bond donors (Lipinski definition) is 2. The van der Waals surface area contributed by atoms with Gasteiger partial charge in [-0.15, -0.1) is 5.10 Å². The van der Waals surface area contributed by atoms with Gasteiger partial charge in [0.25, 0.3) is 5.95 Å². The van der Waals surface area contributed by atoms with Crippen LogP contribution in [0.1, 0.15) is 5.56 Å². The summed E-state index contributed by atoms with van der Waals surface area (Å²) in [4.78, 5) is 0. The number of methoxy groups -OCH3 is 1. The van der Waals surface area contributed by atoms with Gasteiger partial charge in [0, 0.05) is 12.1 Å². The third kappa shape index (κ3) is 2.22. The average Bonchev–Trinajstić information content (AvgIpc) is 2.79. The van der Waals surface area contributed by atoms with Crippen LogP contribution in [0.15, 0.2) is 24.3 Å². The summed E-state index contributed by atoms with van der Waals surface area (Å²) in [6.45, 7) is 0.601. The van der Waals surface area contributed by atoms with Crippen LogP contribution >= 0.6 is 0 Å². The minimum atomic E-state index is 0.473. The molecule has 1 aromatic carbocycles. The van der Waals surface area contributed by atoms with Gasteiger partial charge in [-0.1, -0.05) is 23.3 Å². The van der Waals surface area contributed by atoms with Crippen LogP contribution in [0.4, 0.5) is 5.95 Å². The summed E-state index contributed by atoms with van der Waals surface area (Å²) in [6, 6.07) is 7.77. The Kier molecular flexibility index (Phi) is 2.77. The Balaban J connectivity index is 2.04. The Morgan fingerprint density at radius 3 is 3.00 bits per heavy atom. The van der Waals surface area contributed by atoms with Crippen molar-refractivity contribution >= 4 is 5.95 Å². The standard InChI is InChI=1S/C9H11N5O/c1-15-8-5-3-2-4-7(8)6-10-9-11-13-14-12-9/h2-5H,6H2,1H3,(H2,10,11,12,13,14). The van der Waals surface area contributed by atoms with E-state index >= 15 is 0 Å². The number of hydrogen-bond acceptors (Lipinski definition) is 5. The van der Waals surface area contributed by atoms with E-state index in [0.717, 1.165) is 11.3 Å². The Labute approximate surface area is 86.7 Å². The summed E-state index contributed by atoms with van der Waals surface area (Å²) in [5, 5.41) is 16.4. The molecular formula is C9H11N5O. The highest BCUT2D eigenvalue weighted by molar-refractivity contribution is 5.36. The van der Waals surface area contributed by atoms with Crippen LogP contribution in [-0.2, 0) is 6.54 Å². The number of rotatable bonds is 4. The summed E-state index contributed by atoms with van der Waals surface area (Å²) in [5.41, 5.74) is 1.05. The number of aromatic amines is 1. The van der Waals surface area contributed by atoms with E-state index in [-0.39, 0.29) is 0 Å². The highest BCUT2D eigenvalue weighted by atomic mass is 16.5. The largest absolute Gasteiger partial charge is 0.496 e. The molecule has 6 heteroatoms. The molecule has 1 aromatic heterocycles. The smallest absolute Gasteiger partial charge is 0.263 e. The molecule has 0 aliphatic heterocycles. The highest BCUT2D eigenvalue weighted by Crippen LogP contribution is 2.17.